The molecule has 1 rings (SSSR count). The third-order valence-corrected chi connectivity index (χ3v) is 2.76. The fourth-order valence-corrected chi connectivity index (χ4v) is 1.65. The molecule has 0 aliphatic carbocycles. The summed E-state index contributed by atoms with van der Waals surface area (Å²) in [6.45, 7) is 4.32. The third-order valence-electron chi connectivity index (χ3n) is 2.76. The molecule has 0 saturated heterocycles. The van der Waals surface area contributed by atoms with E-state index in [1.165, 1.54) is 5.69 Å². The summed E-state index contributed by atoms with van der Waals surface area (Å²) in [4.78, 5) is 6.90. The highest BCUT2D eigenvalue weighted by molar-refractivity contribution is 5.45. The molecule has 17 heavy (non-hydrogen) atoms. The van der Waals surface area contributed by atoms with Gasteiger partial charge in [0, 0.05) is 31.9 Å². The first-order valence-corrected chi connectivity index (χ1v) is 6.19. The maximum atomic E-state index is 2.44. The molecule has 0 radical (unpaired) electrons. The summed E-state index contributed by atoms with van der Waals surface area (Å²) >= 11 is 0. The molecule has 0 heterocycles. The van der Waals surface area contributed by atoms with Crippen molar-refractivity contribution in [1.82, 2.24) is 9.80 Å². The van der Waals surface area contributed by atoms with Crippen molar-refractivity contribution in [2.24, 2.45) is 0 Å². The highest BCUT2D eigenvalue weighted by Crippen LogP contribution is 2.12. The summed E-state index contributed by atoms with van der Waals surface area (Å²) < 4.78 is 0. The number of hydrogen-bond acceptors (Lipinski definition) is 3. The molecule has 0 aliphatic heterocycles. The summed E-state index contributed by atoms with van der Waals surface area (Å²) in [5.74, 6) is 0. The van der Waals surface area contributed by atoms with Crippen molar-refractivity contribution in [2.75, 3.05) is 59.3 Å². The molecule has 0 bridgehead atoms. The van der Waals surface area contributed by atoms with Gasteiger partial charge in [-0.2, -0.15) is 0 Å². The first kappa shape index (κ1) is 14.0. The summed E-state index contributed by atoms with van der Waals surface area (Å²) in [6.07, 6.45) is 0. The molecular formula is C14H25N3. The van der Waals surface area contributed by atoms with Crippen molar-refractivity contribution in [1.29, 1.82) is 0 Å². The maximum absolute atomic E-state index is 2.44. The Morgan fingerprint density at radius 2 is 1.18 bits per heavy atom. The van der Waals surface area contributed by atoms with Gasteiger partial charge >= 0.3 is 0 Å². The fourth-order valence-electron chi connectivity index (χ4n) is 1.65. The van der Waals surface area contributed by atoms with Gasteiger partial charge in [-0.3, -0.25) is 0 Å². The minimum Gasteiger partial charge on any atom is -0.369 e. The van der Waals surface area contributed by atoms with Gasteiger partial charge in [-0.05, 0) is 40.3 Å². The molecule has 1 aromatic carbocycles. The number of para-hydroxylation sites is 1. The zero-order valence-corrected chi connectivity index (χ0v) is 11.6. The van der Waals surface area contributed by atoms with Crippen LogP contribution in [0.3, 0.4) is 0 Å². The summed E-state index contributed by atoms with van der Waals surface area (Å²) in [5, 5.41) is 0. The molecule has 3 heteroatoms. The average molecular weight is 235 g/mol. The second-order valence-corrected chi connectivity index (χ2v) is 4.93. The number of likely N-dealkylation sites (N-methyl/N-ethyl adjacent to an activating group) is 2. The van der Waals surface area contributed by atoms with Crippen molar-refractivity contribution in [2.45, 2.75) is 0 Å². The molecule has 1 aromatic rings. The van der Waals surface area contributed by atoms with E-state index < -0.39 is 0 Å². The Kier molecular flexibility index (Phi) is 6.01. The van der Waals surface area contributed by atoms with E-state index in [1.807, 2.05) is 0 Å². The van der Waals surface area contributed by atoms with Gasteiger partial charge in [-0.15, -0.1) is 0 Å². The third kappa shape index (κ3) is 5.71. The van der Waals surface area contributed by atoms with E-state index >= 15 is 0 Å². The number of hydrogen-bond donors (Lipinski definition) is 0. The Hall–Kier alpha value is -1.06. The van der Waals surface area contributed by atoms with E-state index in [0.717, 1.165) is 26.2 Å². The molecular weight excluding hydrogens is 210 g/mol. The van der Waals surface area contributed by atoms with Gasteiger partial charge in [0.05, 0.1) is 0 Å². The van der Waals surface area contributed by atoms with E-state index in [9.17, 15) is 0 Å². The molecule has 0 atom stereocenters. The Morgan fingerprint density at radius 1 is 0.706 bits per heavy atom. The topological polar surface area (TPSA) is 9.72 Å². The van der Waals surface area contributed by atoms with Crippen LogP contribution in [0.4, 0.5) is 5.69 Å². The van der Waals surface area contributed by atoms with Crippen molar-refractivity contribution >= 4 is 5.69 Å². The molecule has 0 amide bonds. The van der Waals surface area contributed by atoms with E-state index in [-0.39, 0.29) is 0 Å². The van der Waals surface area contributed by atoms with Crippen LogP contribution < -0.4 is 4.90 Å². The molecule has 3 nitrogen and oxygen atoms in total. The second kappa shape index (κ2) is 7.30. The summed E-state index contributed by atoms with van der Waals surface area (Å²) in [6, 6.07) is 10.7. The SMILES string of the molecule is CN(C)CCN(CCN(C)C)c1ccccc1. The van der Waals surface area contributed by atoms with Crippen LogP contribution in [-0.2, 0) is 0 Å². The minimum absolute atomic E-state index is 1.07. The lowest BCUT2D eigenvalue weighted by molar-refractivity contribution is 0.391. The van der Waals surface area contributed by atoms with Gasteiger partial charge in [0.25, 0.3) is 0 Å². The van der Waals surface area contributed by atoms with Gasteiger partial charge in [-0.1, -0.05) is 18.2 Å². The highest BCUT2D eigenvalue weighted by Gasteiger charge is 2.06. The zero-order chi connectivity index (χ0) is 12.7. The molecule has 0 saturated carbocycles. The summed E-state index contributed by atoms with van der Waals surface area (Å²) in [7, 11) is 8.48. The van der Waals surface area contributed by atoms with Crippen molar-refractivity contribution in [3.8, 4) is 0 Å². The van der Waals surface area contributed by atoms with E-state index in [4.69, 9.17) is 0 Å². The van der Waals surface area contributed by atoms with Crippen LogP contribution in [0.5, 0.6) is 0 Å². The monoisotopic (exact) mass is 235 g/mol. The predicted octanol–water partition coefficient (Wildman–Crippen LogP) is 1.62. The van der Waals surface area contributed by atoms with Crippen LogP contribution in [0.2, 0.25) is 0 Å². The van der Waals surface area contributed by atoms with Crippen LogP contribution >= 0.6 is 0 Å². The quantitative estimate of drug-likeness (QED) is 0.711. The Labute approximate surface area is 106 Å². The molecule has 0 spiro atoms. The number of rotatable bonds is 7. The van der Waals surface area contributed by atoms with Crippen LogP contribution in [0.1, 0.15) is 0 Å². The number of benzene rings is 1. The lowest BCUT2D eigenvalue weighted by Crippen LogP contribution is -2.36. The van der Waals surface area contributed by atoms with E-state index in [0.29, 0.717) is 0 Å². The normalized spacial score (nSPS) is 11.2. The molecule has 96 valence electrons. The van der Waals surface area contributed by atoms with Crippen LogP contribution in [0.15, 0.2) is 30.3 Å². The first-order valence-electron chi connectivity index (χ1n) is 6.19. The summed E-state index contributed by atoms with van der Waals surface area (Å²) in [5.41, 5.74) is 1.32. The predicted molar refractivity (Wildman–Crippen MR) is 75.8 cm³/mol. The van der Waals surface area contributed by atoms with Gasteiger partial charge in [-0.25, -0.2) is 0 Å². The fraction of sp³-hybridized carbons (Fsp3) is 0.571. The molecule has 0 N–H and O–H groups in total. The lowest BCUT2D eigenvalue weighted by Gasteiger charge is -2.27. The Bertz CT molecular complexity index is 284. The zero-order valence-electron chi connectivity index (χ0n) is 11.6. The second-order valence-electron chi connectivity index (χ2n) is 4.93. The van der Waals surface area contributed by atoms with Gasteiger partial charge < -0.3 is 14.7 Å². The first-order chi connectivity index (χ1) is 8.09. The van der Waals surface area contributed by atoms with E-state index in [2.05, 4.69) is 73.2 Å². The van der Waals surface area contributed by atoms with Gasteiger partial charge in [0.15, 0.2) is 0 Å². The van der Waals surface area contributed by atoms with Crippen molar-refractivity contribution in [3.05, 3.63) is 30.3 Å². The van der Waals surface area contributed by atoms with E-state index in [1.54, 1.807) is 0 Å². The largest absolute Gasteiger partial charge is 0.369 e. The Balaban J connectivity index is 2.58. The lowest BCUT2D eigenvalue weighted by atomic mass is 10.3. The smallest absolute Gasteiger partial charge is 0.0367 e. The van der Waals surface area contributed by atoms with Crippen LogP contribution in [-0.4, -0.2) is 64.2 Å². The Morgan fingerprint density at radius 3 is 1.59 bits per heavy atom. The van der Waals surface area contributed by atoms with Gasteiger partial charge in [0.1, 0.15) is 0 Å². The molecule has 0 unspecified atom stereocenters. The minimum atomic E-state index is 1.07. The van der Waals surface area contributed by atoms with Crippen LogP contribution in [0, 0.1) is 0 Å². The van der Waals surface area contributed by atoms with Crippen LogP contribution in [0.25, 0.3) is 0 Å². The number of nitrogens with zero attached hydrogens (tertiary/aromatic N) is 3. The molecule has 0 aromatic heterocycles. The standard InChI is InChI=1S/C14H25N3/c1-15(2)10-12-17(13-11-16(3)4)14-8-6-5-7-9-14/h5-9H,10-13H2,1-4H3. The average Bonchev–Trinajstić information content (AvgIpc) is 2.29. The maximum Gasteiger partial charge on any atom is 0.0367 e. The highest BCUT2D eigenvalue weighted by atomic mass is 15.2. The molecule has 0 aliphatic rings. The number of anilines is 1. The molecule has 0 fully saturated rings. The van der Waals surface area contributed by atoms with Gasteiger partial charge in [0.2, 0.25) is 0 Å². The van der Waals surface area contributed by atoms with Crippen molar-refractivity contribution < 1.29 is 0 Å². The van der Waals surface area contributed by atoms with Crippen molar-refractivity contribution in [3.63, 3.8) is 0 Å².